The van der Waals surface area contributed by atoms with E-state index in [1.54, 1.807) is 6.07 Å². The molecule has 2 rings (SSSR count). The number of rotatable bonds is 2. The zero-order valence-electron chi connectivity index (χ0n) is 10.5. The van der Waals surface area contributed by atoms with Crippen molar-refractivity contribution in [2.75, 3.05) is 6.54 Å². The van der Waals surface area contributed by atoms with Gasteiger partial charge in [-0.25, -0.2) is 17.7 Å². The smallest absolute Gasteiger partial charge is 0.233 e. The maximum atomic E-state index is 13.5. The van der Waals surface area contributed by atoms with Gasteiger partial charge in [-0.15, -0.1) is 0 Å². The summed E-state index contributed by atoms with van der Waals surface area (Å²) < 4.78 is 70.2. The lowest BCUT2D eigenvalue weighted by molar-refractivity contribution is -0.147. The summed E-state index contributed by atoms with van der Waals surface area (Å²) in [6.45, 7) is 0.170. The Morgan fingerprint density at radius 3 is 2.70 bits per heavy atom. The first kappa shape index (κ1) is 15.2. The molecule has 2 unspecified atom stereocenters. The monoisotopic (exact) mass is 310 g/mol. The molecule has 0 aromatic heterocycles. The highest BCUT2D eigenvalue weighted by Gasteiger charge is 2.41. The van der Waals surface area contributed by atoms with Crippen molar-refractivity contribution >= 4 is 9.92 Å². The van der Waals surface area contributed by atoms with Gasteiger partial charge in [-0.05, 0) is 18.9 Å². The second-order valence-electron chi connectivity index (χ2n) is 4.58. The quantitative estimate of drug-likeness (QED) is 0.838. The van der Waals surface area contributed by atoms with Gasteiger partial charge in [-0.3, -0.25) is 0 Å². The van der Waals surface area contributed by atoms with Crippen LogP contribution in [-0.2, 0) is 15.7 Å². The molecule has 1 heterocycles. The van der Waals surface area contributed by atoms with Crippen LogP contribution in [0.15, 0.2) is 28.6 Å². The lowest BCUT2D eigenvalue weighted by Crippen LogP contribution is -2.29. The summed E-state index contributed by atoms with van der Waals surface area (Å²) >= 11 is 0. The van der Waals surface area contributed by atoms with Crippen molar-refractivity contribution in [2.45, 2.75) is 30.8 Å². The highest BCUT2D eigenvalue weighted by atomic mass is 32.2. The molecule has 0 fully saturated rings. The van der Waals surface area contributed by atoms with E-state index in [1.165, 1.54) is 18.2 Å². The first-order chi connectivity index (χ1) is 9.30. The van der Waals surface area contributed by atoms with Crippen LogP contribution in [-0.4, -0.2) is 23.0 Å². The normalized spacial score (nSPS) is 27.7. The number of hydrogen-bond donors (Lipinski definition) is 1. The SMILES string of the molecule is O=S1(Cc2ccccc2F)=NC(C(F)(F)F)CCCN1. The van der Waals surface area contributed by atoms with Gasteiger partial charge in [0.1, 0.15) is 15.7 Å². The summed E-state index contributed by atoms with van der Waals surface area (Å²) in [4.78, 5) is 0. The summed E-state index contributed by atoms with van der Waals surface area (Å²) in [5, 5.41) is 0. The van der Waals surface area contributed by atoms with Gasteiger partial charge in [0, 0.05) is 12.1 Å². The molecule has 0 aliphatic carbocycles. The van der Waals surface area contributed by atoms with E-state index in [9.17, 15) is 21.8 Å². The maximum Gasteiger partial charge on any atom is 0.411 e. The molecule has 0 saturated carbocycles. The Bertz CT molecular complexity index is 593. The molecule has 20 heavy (non-hydrogen) atoms. The number of nitrogens with zero attached hydrogens (tertiary/aromatic N) is 1. The van der Waals surface area contributed by atoms with Crippen molar-refractivity contribution in [3.8, 4) is 0 Å². The van der Waals surface area contributed by atoms with Crippen LogP contribution < -0.4 is 4.72 Å². The van der Waals surface area contributed by atoms with E-state index in [2.05, 4.69) is 9.08 Å². The van der Waals surface area contributed by atoms with Crippen LogP contribution in [0.1, 0.15) is 18.4 Å². The molecule has 0 amide bonds. The maximum absolute atomic E-state index is 13.5. The lowest BCUT2D eigenvalue weighted by Gasteiger charge is -2.16. The summed E-state index contributed by atoms with van der Waals surface area (Å²) in [6.07, 6.45) is -4.50. The van der Waals surface area contributed by atoms with E-state index < -0.39 is 28.0 Å². The van der Waals surface area contributed by atoms with E-state index in [0.717, 1.165) is 0 Å². The van der Waals surface area contributed by atoms with Gasteiger partial charge in [0.25, 0.3) is 0 Å². The molecule has 1 aromatic rings. The molecule has 0 spiro atoms. The van der Waals surface area contributed by atoms with Crippen LogP contribution in [0.5, 0.6) is 0 Å². The van der Waals surface area contributed by atoms with Crippen molar-refractivity contribution in [2.24, 2.45) is 4.36 Å². The van der Waals surface area contributed by atoms with Crippen LogP contribution in [0.2, 0.25) is 0 Å². The third-order valence-corrected chi connectivity index (χ3v) is 4.92. The van der Waals surface area contributed by atoms with Gasteiger partial charge < -0.3 is 0 Å². The van der Waals surface area contributed by atoms with Crippen molar-refractivity contribution in [3.63, 3.8) is 0 Å². The molecule has 8 heteroatoms. The van der Waals surface area contributed by atoms with Crippen LogP contribution in [0.3, 0.4) is 0 Å². The molecule has 3 nitrogen and oxygen atoms in total. The summed E-state index contributed by atoms with van der Waals surface area (Å²) in [5.41, 5.74) is 0.0941. The lowest BCUT2D eigenvalue weighted by atomic mass is 10.1. The van der Waals surface area contributed by atoms with Gasteiger partial charge in [-0.2, -0.15) is 13.2 Å². The molecule has 0 bridgehead atoms. The van der Waals surface area contributed by atoms with Crippen LogP contribution in [0.25, 0.3) is 0 Å². The molecule has 1 aromatic carbocycles. The predicted molar refractivity (Wildman–Crippen MR) is 67.8 cm³/mol. The molecular formula is C12H14F4N2OS. The zero-order chi connectivity index (χ0) is 14.8. The third-order valence-electron chi connectivity index (χ3n) is 2.97. The molecule has 1 aliphatic heterocycles. The topological polar surface area (TPSA) is 41.5 Å². The Labute approximate surface area is 114 Å². The molecule has 0 saturated heterocycles. The summed E-state index contributed by atoms with van der Waals surface area (Å²) in [7, 11) is -3.32. The van der Waals surface area contributed by atoms with Crippen LogP contribution in [0, 0.1) is 5.82 Å². The summed E-state index contributed by atoms with van der Waals surface area (Å²) in [5.74, 6) is -0.966. The fourth-order valence-electron chi connectivity index (χ4n) is 1.96. The first-order valence-electron chi connectivity index (χ1n) is 6.09. The summed E-state index contributed by atoms with van der Waals surface area (Å²) in [6, 6.07) is 3.61. The predicted octanol–water partition coefficient (Wildman–Crippen LogP) is 3.02. The molecule has 1 N–H and O–H groups in total. The number of benzene rings is 1. The second kappa shape index (κ2) is 5.69. The van der Waals surface area contributed by atoms with Gasteiger partial charge in [-0.1, -0.05) is 18.2 Å². The molecular weight excluding hydrogens is 296 g/mol. The highest BCUT2D eigenvalue weighted by Crippen LogP contribution is 2.29. The van der Waals surface area contributed by atoms with E-state index in [1.807, 2.05) is 0 Å². The molecule has 2 atom stereocenters. The van der Waals surface area contributed by atoms with E-state index in [4.69, 9.17) is 0 Å². The Kier molecular flexibility index (Phi) is 4.33. The number of nitrogens with one attached hydrogen (secondary N) is 1. The largest absolute Gasteiger partial charge is 0.411 e. The molecule has 0 radical (unpaired) electrons. The Morgan fingerprint density at radius 2 is 2.05 bits per heavy atom. The van der Waals surface area contributed by atoms with Crippen LogP contribution in [0.4, 0.5) is 17.6 Å². The minimum atomic E-state index is -4.52. The second-order valence-corrected chi connectivity index (χ2v) is 6.64. The Hall–Kier alpha value is -1.15. The van der Waals surface area contributed by atoms with E-state index in [0.29, 0.717) is 0 Å². The van der Waals surface area contributed by atoms with Gasteiger partial charge in [0.15, 0.2) is 6.04 Å². The number of alkyl halides is 3. The number of hydrogen-bond acceptors (Lipinski definition) is 2. The first-order valence-corrected chi connectivity index (χ1v) is 7.77. The average molecular weight is 310 g/mol. The fraction of sp³-hybridized carbons (Fsp3) is 0.500. The number of halogens is 4. The average Bonchev–Trinajstić information content (AvgIpc) is 2.54. The zero-order valence-corrected chi connectivity index (χ0v) is 11.3. The van der Waals surface area contributed by atoms with Crippen molar-refractivity contribution in [1.82, 2.24) is 4.72 Å². The van der Waals surface area contributed by atoms with Gasteiger partial charge in [0.2, 0.25) is 0 Å². The third kappa shape index (κ3) is 3.69. The standard InChI is InChI=1S/C12H14F4N2OS/c13-10-5-2-1-4-9(10)8-20(19)17-7-3-6-11(18-20)12(14,15)16/h1-2,4-5,11H,3,6-8H2,(H,17,18,19). The highest BCUT2D eigenvalue weighted by molar-refractivity contribution is 7.91. The molecule has 1 aliphatic rings. The fourth-order valence-corrected chi connectivity index (χ4v) is 3.97. The van der Waals surface area contributed by atoms with Crippen molar-refractivity contribution in [1.29, 1.82) is 0 Å². The van der Waals surface area contributed by atoms with Crippen molar-refractivity contribution in [3.05, 3.63) is 35.6 Å². The Balaban J connectivity index is 2.34. The minimum Gasteiger partial charge on any atom is -0.233 e. The minimum absolute atomic E-state index is 0.0941. The van der Waals surface area contributed by atoms with Crippen LogP contribution >= 0.6 is 0 Å². The van der Waals surface area contributed by atoms with E-state index in [-0.39, 0.29) is 30.7 Å². The van der Waals surface area contributed by atoms with E-state index >= 15 is 0 Å². The van der Waals surface area contributed by atoms with Gasteiger partial charge >= 0.3 is 6.18 Å². The van der Waals surface area contributed by atoms with Gasteiger partial charge in [0.05, 0.1) is 5.75 Å². The Morgan fingerprint density at radius 1 is 1.35 bits per heavy atom. The molecule has 112 valence electrons. The van der Waals surface area contributed by atoms with Crippen molar-refractivity contribution < 1.29 is 21.8 Å².